The quantitative estimate of drug-likeness (QED) is 0.742. The van der Waals surface area contributed by atoms with Crippen molar-refractivity contribution < 1.29 is 19.5 Å². The van der Waals surface area contributed by atoms with E-state index in [1.165, 1.54) is 24.3 Å². The average Bonchev–Trinajstić information content (AvgIpc) is 2.68. The van der Waals surface area contributed by atoms with Gasteiger partial charge < -0.3 is 21.1 Å². The first-order chi connectivity index (χ1) is 13.0. The number of nitrogens with two attached hydrogens (primary N) is 1. The minimum Gasteiger partial charge on any atom is -0.477 e. The largest absolute Gasteiger partial charge is 0.477 e. The molecule has 1 aliphatic heterocycles. The number of carbonyl (C=O) groups excluding carboxylic acids is 2. The van der Waals surface area contributed by atoms with Crippen LogP contribution in [0.2, 0.25) is 0 Å². The number of hydrogen-bond donors (Lipinski definition) is 3. The van der Waals surface area contributed by atoms with E-state index in [1.807, 2.05) is 0 Å². The maximum absolute atomic E-state index is 12.6. The Morgan fingerprint density at radius 2 is 1.74 bits per heavy atom. The van der Waals surface area contributed by atoms with Crippen molar-refractivity contribution in [1.82, 2.24) is 4.98 Å². The van der Waals surface area contributed by atoms with Crippen molar-refractivity contribution in [1.29, 1.82) is 0 Å². The number of hydrogen-bond acceptors (Lipinski definition) is 5. The molecule has 1 saturated heterocycles. The number of carboxylic acid groups (broad SMARTS) is 1. The molecule has 0 saturated carbocycles. The van der Waals surface area contributed by atoms with Gasteiger partial charge in [-0.25, -0.2) is 9.78 Å². The summed E-state index contributed by atoms with van der Waals surface area (Å²) in [4.78, 5) is 41.2. The van der Waals surface area contributed by atoms with Crippen LogP contribution in [0, 0.1) is 0 Å². The summed E-state index contributed by atoms with van der Waals surface area (Å²) < 4.78 is 0. The van der Waals surface area contributed by atoms with E-state index >= 15 is 0 Å². The number of primary amides is 1. The van der Waals surface area contributed by atoms with Crippen molar-refractivity contribution >= 4 is 29.2 Å². The lowest BCUT2D eigenvalue weighted by atomic mass is 10.1. The molecule has 2 amide bonds. The van der Waals surface area contributed by atoms with Crippen molar-refractivity contribution in [2.45, 2.75) is 19.3 Å². The van der Waals surface area contributed by atoms with E-state index in [0.29, 0.717) is 5.69 Å². The van der Waals surface area contributed by atoms with Crippen LogP contribution in [-0.4, -0.2) is 41.0 Å². The monoisotopic (exact) mass is 368 g/mol. The number of piperidine rings is 1. The highest BCUT2D eigenvalue weighted by Crippen LogP contribution is 2.30. The first-order valence-corrected chi connectivity index (χ1v) is 8.66. The second-order valence-corrected chi connectivity index (χ2v) is 6.31. The molecule has 140 valence electrons. The predicted octanol–water partition coefficient (Wildman–Crippen LogP) is 2.12. The molecule has 4 N–H and O–H groups in total. The van der Waals surface area contributed by atoms with E-state index in [4.69, 9.17) is 10.8 Å². The van der Waals surface area contributed by atoms with Crippen molar-refractivity contribution in [2.24, 2.45) is 5.73 Å². The molecule has 2 aromatic rings. The van der Waals surface area contributed by atoms with Gasteiger partial charge in [0, 0.05) is 18.7 Å². The fraction of sp³-hybridized carbons (Fsp3) is 0.263. The minimum atomic E-state index is -1.21. The van der Waals surface area contributed by atoms with Gasteiger partial charge in [-0.1, -0.05) is 6.07 Å². The van der Waals surface area contributed by atoms with Gasteiger partial charge in [0.25, 0.3) is 5.91 Å². The van der Waals surface area contributed by atoms with Gasteiger partial charge in [-0.3, -0.25) is 9.59 Å². The fourth-order valence-corrected chi connectivity index (χ4v) is 3.07. The van der Waals surface area contributed by atoms with E-state index in [2.05, 4.69) is 15.2 Å². The number of benzene rings is 1. The lowest BCUT2D eigenvalue weighted by molar-refractivity contribution is 0.0690. The van der Waals surface area contributed by atoms with Gasteiger partial charge in [0.1, 0.15) is 11.4 Å². The summed E-state index contributed by atoms with van der Waals surface area (Å²) in [6, 6.07) is 9.13. The number of aromatic carboxylic acids is 1. The summed E-state index contributed by atoms with van der Waals surface area (Å²) in [7, 11) is 0. The topological polar surface area (TPSA) is 126 Å². The summed E-state index contributed by atoms with van der Waals surface area (Å²) in [5.74, 6) is -2.37. The molecule has 1 fully saturated rings. The van der Waals surface area contributed by atoms with Crippen molar-refractivity contribution in [3.05, 3.63) is 53.3 Å². The highest BCUT2D eigenvalue weighted by Gasteiger charge is 2.19. The maximum atomic E-state index is 12.6. The molecule has 8 heteroatoms. The number of pyridine rings is 1. The molecule has 0 bridgehead atoms. The van der Waals surface area contributed by atoms with Crippen LogP contribution in [-0.2, 0) is 0 Å². The van der Waals surface area contributed by atoms with Crippen LogP contribution in [0.25, 0.3) is 0 Å². The third kappa shape index (κ3) is 4.22. The normalized spacial score (nSPS) is 13.9. The van der Waals surface area contributed by atoms with Gasteiger partial charge in [0.15, 0.2) is 0 Å². The second kappa shape index (κ2) is 7.86. The number of nitrogens with zero attached hydrogens (tertiary/aromatic N) is 2. The van der Waals surface area contributed by atoms with Crippen LogP contribution in [0.5, 0.6) is 0 Å². The summed E-state index contributed by atoms with van der Waals surface area (Å²) in [6.07, 6.45) is 3.25. The van der Waals surface area contributed by atoms with Crippen LogP contribution in [0.1, 0.15) is 50.6 Å². The van der Waals surface area contributed by atoms with E-state index in [-0.39, 0.29) is 17.0 Å². The van der Waals surface area contributed by atoms with E-state index in [9.17, 15) is 14.4 Å². The van der Waals surface area contributed by atoms with Gasteiger partial charge in [-0.2, -0.15) is 0 Å². The lowest BCUT2D eigenvalue weighted by Gasteiger charge is -2.30. The molecular weight excluding hydrogens is 348 g/mol. The third-order valence-corrected chi connectivity index (χ3v) is 4.43. The number of carboxylic acids is 1. The van der Waals surface area contributed by atoms with Gasteiger partial charge >= 0.3 is 5.97 Å². The summed E-state index contributed by atoms with van der Waals surface area (Å²) in [5, 5.41) is 11.8. The Labute approximate surface area is 156 Å². The molecule has 3 rings (SSSR count). The van der Waals surface area contributed by atoms with Crippen LogP contribution in [0.3, 0.4) is 0 Å². The van der Waals surface area contributed by atoms with Crippen LogP contribution < -0.4 is 16.0 Å². The van der Waals surface area contributed by atoms with Crippen molar-refractivity contribution in [3.8, 4) is 0 Å². The lowest BCUT2D eigenvalue weighted by Crippen LogP contribution is -2.30. The van der Waals surface area contributed by atoms with Crippen LogP contribution in [0.15, 0.2) is 36.4 Å². The molecule has 0 atom stereocenters. The highest BCUT2D eigenvalue weighted by atomic mass is 16.4. The fourth-order valence-electron chi connectivity index (χ4n) is 3.07. The summed E-state index contributed by atoms with van der Waals surface area (Å²) >= 11 is 0. The molecule has 2 heterocycles. The zero-order valence-electron chi connectivity index (χ0n) is 14.6. The Morgan fingerprint density at radius 3 is 2.41 bits per heavy atom. The standard InChI is InChI=1S/C19H20N4O4/c20-17(24)12-7-8-16(23-9-2-1-3-10-23)15(11-12)22-18(25)13-5-4-6-14(21-13)19(26)27/h4-8,11H,1-3,9-10H2,(H2,20,24)(H,22,25)(H,26,27). The molecule has 27 heavy (non-hydrogen) atoms. The molecule has 1 aliphatic rings. The SMILES string of the molecule is NC(=O)c1ccc(N2CCCCC2)c(NC(=O)c2cccc(C(=O)O)n2)c1. The zero-order valence-corrected chi connectivity index (χ0v) is 14.6. The first kappa shape index (κ1) is 18.4. The van der Waals surface area contributed by atoms with E-state index < -0.39 is 17.8 Å². The molecule has 0 radical (unpaired) electrons. The van der Waals surface area contributed by atoms with E-state index in [0.717, 1.165) is 38.0 Å². The maximum Gasteiger partial charge on any atom is 0.354 e. The average molecular weight is 368 g/mol. The number of nitrogens with one attached hydrogen (secondary N) is 1. The predicted molar refractivity (Wildman–Crippen MR) is 100 cm³/mol. The molecule has 0 spiro atoms. The van der Waals surface area contributed by atoms with Crippen LogP contribution in [0.4, 0.5) is 11.4 Å². The van der Waals surface area contributed by atoms with Gasteiger partial charge in [-0.15, -0.1) is 0 Å². The summed E-state index contributed by atoms with van der Waals surface area (Å²) in [6.45, 7) is 1.71. The van der Waals surface area contributed by atoms with Gasteiger partial charge in [0.2, 0.25) is 5.91 Å². The molecule has 1 aromatic heterocycles. The Morgan fingerprint density at radius 1 is 1.04 bits per heavy atom. The van der Waals surface area contributed by atoms with E-state index in [1.54, 1.807) is 12.1 Å². The van der Waals surface area contributed by atoms with Gasteiger partial charge in [-0.05, 0) is 49.6 Å². The Bertz CT molecular complexity index is 891. The minimum absolute atomic E-state index is 0.0241. The molecular formula is C19H20N4O4. The second-order valence-electron chi connectivity index (χ2n) is 6.31. The number of amides is 2. The summed E-state index contributed by atoms with van der Waals surface area (Å²) in [5.41, 5.74) is 6.64. The zero-order chi connectivity index (χ0) is 19.4. The Kier molecular flexibility index (Phi) is 5.35. The number of aromatic nitrogens is 1. The van der Waals surface area contributed by atoms with Crippen LogP contribution >= 0.6 is 0 Å². The highest BCUT2D eigenvalue weighted by molar-refractivity contribution is 6.06. The molecule has 0 unspecified atom stereocenters. The number of rotatable bonds is 5. The number of anilines is 2. The third-order valence-electron chi connectivity index (χ3n) is 4.43. The smallest absolute Gasteiger partial charge is 0.354 e. The number of carbonyl (C=O) groups is 3. The first-order valence-electron chi connectivity index (χ1n) is 8.66. The molecule has 1 aromatic carbocycles. The van der Waals surface area contributed by atoms with Crippen molar-refractivity contribution in [2.75, 3.05) is 23.3 Å². The molecule has 8 nitrogen and oxygen atoms in total. The van der Waals surface area contributed by atoms with Crippen molar-refractivity contribution in [3.63, 3.8) is 0 Å². The Hall–Kier alpha value is -3.42. The Balaban J connectivity index is 1.92. The van der Waals surface area contributed by atoms with Gasteiger partial charge in [0.05, 0.1) is 11.4 Å². The molecule has 0 aliphatic carbocycles.